The second kappa shape index (κ2) is 7.09. The number of nitrogens with zero attached hydrogens (tertiary/aromatic N) is 1. The predicted molar refractivity (Wildman–Crippen MR) is 112 cm³/mol. The zero-order valence-electron chi connectivity index (χ0n) is 16.1. The second-order valence-electron chi connectivity index (χ2n) is 7.68. The summed E-state index contributed by atoms with van der Waals surface area (Å²) >= 11 is 0. The average Bonchev–Trinajstić information content (AvgIpc) is 2.92. The maximum atomic E-state index is 13.3. The molecule has 1 saturated heterocycles. The molecule has 2 aliphatic heterocycles. The van der Waals surface area contributed by atoms with Crippen LogP contribution in [-0.2, 0) is 10.0 Å². The summed E-state index contributed by atoms with van der Waals surface area (Å²) in [5.74, 6) is -0.0348. The quantitative estimate of drug-likeness (QED) is 0.854. The number of aryl methyl sites for hydroxylation is 1. The average molecular weight is 397 g/mol. The van der Waals surface area contributed by atoms with Gasteiger partial charge in [-0.15, -0.1) is 0 Å². The van der Waals surface area contributed by atoms with E-state index in [9.17, 15) is 13.2 Å². The maximum Gasteiger partial charge on any atom is 0.254 e. The summed E-state index contributed by atoms with van der Waals surface area (Å²) in [5, 5.41) is 0. The molecule has 2 unspecified atom stereocenters. The highest BCUT2D eigenvalue weighted by Crippen LogP contribution is 2.39. The Labute approximate surface area is 166 Å². The fourth-order valence-corrected chi connectivity index (χ4v) is 4.85. The Balaban J connectivity index is 1.61. The second-order valence-corrected chi connectivity index (χ2v) is 9.43. The number of carbonyl (C=O) groups excluding carboxylic acids is 1. The third-order valence-electron chi connectivity index (χ3n) is 5.55. The molecular formula is C22H24N2O3S. The van der Waals surface area contributed by atoms with Crippen molar-refractivity contribution in [2.45, 2.75) is 38.3 Å². The number of anilines is 1. The molecule has 1 fully saturated rings. The van der Waals surface area contributed by atoms with Crippen molar-refractivity contribution in [3.8, 4) is 0 Å². The Kier molecular flexibility index (Phi) is 4.75. The molecular weight excluding hydrogens is 372 g/mol. The lowest BCUT2D eigenvalue weighted by Gasteiger charge is -2.34. The van der Waals surface area contributed by atoms with Crippen LogP contribution in [0.2, 0.25) is 0 Å². The normalized spacial score (nSPS) is 21.4. The Bertz CT molecular complexity index is 1040. The summed E-state index contributed by atoms with van der Waals surface area (Å²) in [5.41, 5.74) is 4.29. The topological polar surface area (TPSA) is 66.5 Å². The van der Waals surface area contributed by atoms with Crippen molar-refractivity contribution in [2.24, 2.45) is 0 Å². The Morgan fingerprint density at radius 1 is 1.11 bits per heavy atom. The van der Waals surface area contributed by atoms with Gasteiger partial charge in [-0.25, -0.2) is 8.42 Å². The summed E-state index contributed by atoms with van der Waals surface area (Å²) in [6.07, 6.45) is 6.14. The van der Waals surface area contributed by atoms with Gasteiger partial charge in [0.1, 0.15) is 0 Å². The molecule has 2 aromatic carbocycles. The number of sulfonamides is 1. The van der Waals surface area contributed by atoms with Crippen LogP contribution in [0, 0.1) is 6.92 Å². The van der Waals surface area contributed by atoms with Crippen LogP contribution in [0.5, 0.6) is 0 Å². The molecule has 2 bridgehead atoms. The van der Waals surface area contributed by atoms with E-state index in [1.54, 1.807) is 18.2 Å². The van der Waals surface area contributed by atoms with Gasteiger partial charge in [0.15, 0.2) is 0 Å². The van der Waals surface area contributed by atoms with Gasteiger partial charge in [-0.1, -0.05) is 42.5 Å². The number of amides is 1. The first-order chi connectivity index (χ1) is 13.3. The van der Waals surface area contributed by atoms with Gasteiger partial charge in [0, 0.05) is 11.6 Å². The Hall–Kier alpha value is -2.60. The van der Waals surface area contributed by atoms with E-state index in [0.29, 0.717) is 11.3 Å². The van der Waals surface area contributed by atoms with Crippen LogP contribution in [0.1, 0.15) is 40.7 Å². The fourth-order valence-electron chi connectivity index (χ4n) is 4.23. The SMILES string of the molecule is Cc1ccc(C(=O)N2C3C=C(c4ccccc4)CC2CC3)cc1NS(C)(=O)=O. The molecule has 0 saturated carbocycles. The number of carbonyl (C=O) groups is 1. The van der Waals surface area contributed by atoms with Crippen LogP contribution < -0.4 is 4.72 Å². The molecule has 146 valence electrons. The maximum absolute atomic E-state index is 13.3. The summed E-state index contributed by atoms with van der Waals surface area (Å²) < 4.78 is 25.7. The smallest absolute Gasteiger partial charge is 0.254 e. The van der Waals surface area contributed by atoms with Gasteiger partial charge >= 0.3 is 0 Å². The lowest BCUT2D eigenvalue weighted by atomic mass is 9.94. The van der Waals surface area contributed by atoms with E-state index in [1.165, 1.54) is 11.1 Å². The van der Waals surface area contributed by atoms with E-state index < -0.39 is 10.0 Å². The summed E-state index contributed by atoms with van der Waals surface area (Å²) in [6, 6.07) is 15.8. The fraction of sp³-hybridized carbons (Fsp3) is 0.318. The molecule has 0 radical (unpaired) electrons. The van der Waals surface area contributed by atoms with Crippen molar-refractivity contribution >= 4 is 27.2 Å². The monoisotopic (exact) mass is 396 g/mol. The van der Waals surface area contributed by atoms with Gasteiger partial charge in [-0.2, -0.15) is 0 Å². The van der Waals surface area contributed by atoms with Crippen LogP contribution >= 0.6 is 0 Å². The van der Waals surface area contributed by atoms with Crippen molar-refractivity contribution < 1.29 is 13.2 Å². The van der Waals surface area contributed by atoms with E-state index in [-0.39, 0.29) is 18.0 Å². The zero-order valence-corrected chi connectivity index (χ0v) is 16.9. The lowest BCUT2D eigenvalue weighted by Crippen LogP contribution is -2.43. The molecule has 5 nitrogen and oxygen atoms in total. The first kappa shape index (κ1) is 18.7. The highest BCUT2D eigenvalue weighted by molar-refractivity contribution is 7.92. The third kappa shape index (κ3) is 3.69. The first-order valence-electron chi connectivity index (χ1n) is 9.49. The van der Waals surface area contributed by atoms with Crippen molar-refractivity contribution in [3.05, 3.63) is 71.3 Å². The summed E-state index contributed by atoms with van der Waals surface area (Å²) in [4.78, 5) is 15.2. The van der Waals surface area contributed by atoms with Gasteiger partial charge in [0.2, 0.25) is 10.0 Å². The highest BCUT2D eigenvalue weighted by Gasteiger charge is 2.40. The highest BCUT2D eigenvalue weighted by atomic mass is 32.2. The molecule has 1 N–H and O–H groups in total. The van der Waals surface area contributed by atoms with Gasteiger partial charge in [0.25, 0.3) is 5.91 Å². The predicted octanol–water partition coefficient (Wildman–Crippen LogP) is 3.83. The minimum absolute atomic E-state index is 0.0348. The van der Waals surface area contributed by atoms with Gasteiger partial charge in [-0.3, -0.25) is 9.52 Å². The lowest BCUT2D eigenvalue weighted by molar-refractivity contribution is 0.0692. The number of benzene rings is 2. The largest absolute Gasteiger partial charge is 0.329 e. The van der Waals surface area contributed by atoms with Gasteiger partial charge in [0.05, 0.1) is 18.0 Å². The van der Waals surface area contributed by atoms with Crippen LogP contribution in [0.3, 0.4) is 0 Å². The Morgan fingerprint density at radius 3 is 2.54 bits per heavy atom. The van der Waals surface area contributed by atoms with E-state index in [2.05, 4.69) is 22.9 Å². The number of rotatable bonds is 4. The van der Waals surface area contributed by atoms with Crippen molar-refractivity contribution in [1.82, 2.24) is 4.90 Å². The van der Waals surface area contributed by atoms with Crippen LogP contribution in [-0.4, -0.2) is 37.6 Å². The summed E-state index contributed by atoms with van der Waals surface area (Å²) in [7, 11) is -3.40. The standard InChI is InChI=1S/C22H24N2O3S/c1-15-8-9-17(14-21(15)23-28(2,26)27)22(25)24-19-10-11-20(24)13-18(12-19)16-6-4-3-5-7-16/h3-9,12,14,19-20,23H,10-11,13H2,1-2H3. The Morgan fingerprint density at radius 2 is 1.86 bits per heavy atom. The molecule has 0 aliphatic carbocycles. The van der Waals surface area contributed by atoms with Crippen molar-refractivity contribution in [2.75, 3.05) is 11.0 Å². The van der Waals surface area contributed by atoms with Gasteiger partial charge < -0.3 is 4.90 Å². The van der Waals surface area contributed by atoms with Crippen molar-refractivity contribution in [3.63, 3.8) is 0 Å². The molecule has 0 spiro atoms. The first-order valence-corrected chi connectivity index (χ1v) is 11.4. The molecule has 28 heavy (non-hydrogen) atoms. The third-order valence-corrected chi connectivity index (χ3v) is 6.15. The van der Waals surface area contributed by atoms with Crippen LogP contribution in [0.15, 0.2) is 54.6 Å². The van der Waals surface area contributed by atoms with Gasteiger partial charge in [-0.05, 0) is 55.0 Å². The molecule has 1 amide bonds. The number of hydrogen-bond acceptors (Lipinski definition) is 3. The number of nitrogens with one attached hydrogen (secondary N) is 1. The van der Waals surface area contributed by atoms with Crippen LogP contribution in [0.25, 0.3) is 5.57 Å². The van der Waals surface area contributed by atoms with E-state index >= 15 is 0 Å². The summed E-state index contributed by atoms with van der Waals surface area (Å²) in [6.45, 7) is 1.82. The van der Waals surface area contributed by atoms with E-state index in [1.807, 2.05) is 30.0 Å². The molecule has 2 heterocycles. The van der Waals surface area contributed by atoms with E-state index in [0.717, 1.165) is 31.1 Å². The molecule has 6 heteroatoms. The molecule has 0 aromatic heterocycles. The van der Waals surface area contributed by atoms with Crippen molar-refractivity contribution in [1.29, 1.82) is 0 Å². The molecule has 4 rings (SSSR count). The molecule has 2 atom stereocenters. The molecule has 2 aromatic rings. The van der Waals surface area contributed by atoms with Crippen LogP contribution in [0.4, 0.5) is 5.69 Å². The minimum Gasteiger partial charge on any atom is -0.329 e. The zero-order chi connectivity index (χ0) is 19.9. The van der Waals surface area contributed by atoms with E-state index in [4.69, 9.17) is 0 Å². The molecule has 2 aliphatic rings. The minimum atomic E-state index is -3.40. The number of fused-ring (bicyclic) bond motifs is 2. The number of hydrogen-bond donors (Lipinski definition) is 1.